The van der Waals surface area contributed by atoms with Gasteiger partial charge in [-0.1, -0.05) is 11.4 Å². The maximum Gasteiger partial charge on any atom is 0.254 e. The van der Waals surface area contributed by atoms with Crippen LogP contribution in [0.4, 0.5) is 0 Å². The van der Waals surface area contributed by atoms with Gasteiger partial charge >= 0.3 is 0 Å². The number of carbonyl (C=O) groups excluding carboxylic acids is 1. The Kier molecular flexibility index (Phi) is 7.32. The lowest BCUT2D eigenvalue weighted by molar-refractivity contribution is -0.119. The maximum atomic E-state index is 11.7. The van der Waals surface area contributed by atoms with Gasteiger partial charge in [0.1, 0.15) is 0 Å². The van der Waals surface area contributed by atoms with Gasteiger partial charge < -0.3 is 9.42 Å². The Bertz CT molecular complexity index is 235. The topological polar surface area (TPSA) is 46.6 Å². The summed E-state index contributed by atoms with van der Waals surface area (Å²) in [5.74, 6) is 0.644. The molecule has 1 atom stereocenters. The van der Waals surface area contributed by atoms with Gasteiger partial charge in [-0.15, -0.1) is 0 Å². The highest BCUT2D eigenvalue weighted by Crippen LogP contribution is 2.55. The highest BCUT2D eigenvalue weighted by Gasteiger charge is 2.16. The van der Waals surface area contributed by atoms with E-state index < -0.39 is 6.57 Å². The van der Waals surface area contributed by atoms with Crippen LogP contribution in [0, 0.1) is 0 Å². The Hall–Kier alpha value is 0.0100. The van der Waals surface area contributed by atoms with Crippen LogP contribution < -0.4 is 0 Å². The normalized spacial score (nSPS) is 15.0. The third kappa shape index (κ3) is 6.98. The minimum atomic E-state index is -2.52. The second-order valence-corrected chi connectivity index (χ2v) is 8.69. The van der Waals surface area contributed by atoms with Gasteiger partial charge in [0.25, 0.3) is 6.57 Å². The molecule has 0 bridgehead atoms. The van der Waals surface area contributed by atoms with E-state index in [9.17, 15) is 9.36 Å². The van der Waals surface area contributed by atoms with E-state index in [1.165, 1.54) is 11.4 Å². The SMILES string of the molecule is CCOP(C)(=O)SCCN(C=O)C(C)C. The van der Waals surface area contributed by atoms with Gasteiger partial charge in [-0.3, -0.25) is 9.36 Å². The fraction of sp³-hybridized carbons (Fsp3) is 0.889. The van der Waals surface area contributed by atoms with Crippen LogP contribution in [-0.2, 0) is 13.9 Å². The number of hydrogen-bond donors (Lipinski definition) is 0. The van der Waals surface area contributed by atoms with Gasteiger partial charge in [0, 0.05) is 25.0 Å². The summed E-state index contributed by atoms with van der Waals surface area (Å²) in [6, 6.07) is 0.187. The van der Waals surface area contributed by atoms with E-state index in [0.717, 1.165) is 6.41 Å². The summed E-state index contributed by atoms with van der Waals surface area (Å²) in [6.07, 6.45) is 0.826. The van der Waals surface area contributed by atoms with Crippen LogP contribution in [0.25, 0.3) is 0 Å². The van der Waals surface area contributed by atoms with Crippen LogP contribution in [0.15, 0.2) is 0 Å². The number of carbonyl (C=O) groups is 1. The molecule has 0 fully saturated rings. The third-order valence-electron chi connectivity index (χ3n) is 1.84. The van der Waals surface area contributed by atoms with Crippen molar-refractivity contribution in [2.75, 3.05) is 25.6 Å². The predicted octanol–water partition coefficient (Wildman–Crippen LogP) is 2.45. The van der Waals surface area contributed by atoms with E-state index in [-0.39, 0.29) is 6.04 Å². The van der Waals surface area contributed by atoms with Gasteiger partial charge in [0.05, 0.1) is 6.61 Å². The van der Waals surface area contributed by atoms with Crippen molar-refractivity contribution >= 4 is 24.4 Å². The number of rotatable bonds is 8. The Balaban J connectivity index is 3.87. The highest BCUT2D eigenvalue weighted by atomic mass is 32.7. The maximum absolute atomic E-state index is 11.7. The zero-order chi connectivity index (χ0) is 11.9. The van der Waals surface area contributed by atoms with Crippen molar-refractivity contribution in [3.8, 4) is 0 Å². The first-order valence-electron chi connectivity index (χ1n) is 5.00. The van der Waals surface area contributed by atoms with E-state index >= 15 is 0 Å². The van der Waals surface area contributed by atoms with E-state index in [2.05, 4.69) is 0 Å². The lowest BCUT2D eigenvalue weighted by atomic mass is 10.3. The van der Waals surface area contributed by atoms with Gasteiger partial charge in [-0.05, 0) is 20.8 Å². The number of nitrogens with zero attached hydrogens (tertiary/aromatic N) is 1. The van der Waals surface area contributed by atoms with Crippen molar-refractivity contribution < 1.29 is 13.9 Å². The molecule has 15 heavy (non-hydrogen) atoms. The summed E-state index contributed by atoms with van der Waals surface area (Å²) in [4.78, 5) is 12.3. The molecule has 4 nitrogen and oxygen atoms in total. The Morgan fingerprint density at radius 1 is 1.53 bits per heavy atom. The Labute approximate surface area is 95.9 Å². The zero-order valence-electron chi connectivity index (χ0n) is 9.80. The van der Waals surface area contributed by atoms with Gasteiger partial charge in [-0.2, -0.15) is 0 Å². The second kappa shape index (κ2) is 7.31. The molecule has 0 heterocycles. The lowest BCUT2D eigenvalue weighted by Gasteiger charge is -2.22. The summed E-state index contributed by atoms with van der Waals surface area (Å²) in [5.41, 5.74) is 0. The number of hydrogen-bond acceptors (Lipinski definition) is 4. The van der Waals surface area contributed by atoms with E-state index in [1.54, 1.807) is 11.6 Å². The summed E-state index contributed by atoms with van der Waals surface area (Å²) >= 11 is 1.30. The molecular formula is C9H20NO3PS. The molecule has 0 aromatic heterocycles. The summed E-state index contributed by atoms with van der Waals surface area (Å²) in [6.45, 7) is 5.89. The minimum Gasteiger partial charge on any atom is -0.342 e. The fourth-order valence-corrected chi connectivity index (χ4v) is 3.96. The van der Waals surface area contributed by atoms with Crippen molar-refractivity contribution in [3.05, 3.63) is 0 Å². The van der Waals surface area contributed by atoms with Crippen LogP contribution in [0.1, 0.15) is 20.8 Å². The summed E-state index contributed by atoms with van der Waals surface area (Å²) in [5, 5.41) is 0. The Morgan fingerprint density at radius 3 is 2.53 bits per heavy atom. The van der Waals surface area contributed by atoms with Crippen molar-refractivity contribution in [2.45, 2.75) is 26.8 Å². The molecule has 0 spiro atoms. The summed E-state index contributed by atoms with van der Waals surface area (Å²) < 4.78 is 16.8. The van der Waals surface area contributed by atoms with Crippen LogP contribution in [0.3, 0.4) is 0 Å². The molecule has 90 valence electrons. The molecule has 1 unspecified atom stereocenters. The molecule has 0 aromatic rings. The first-order chi connectivity index (χ1) is 6.93. The van der Waals surface area contributed by atoms with Gasteiger partial charge in [0.15, 0.2) is 0 Å². The molecule has 1 amide bonds. The lowest BCUT2D eigenvalue weighted by Crippen LogP contribution is -2.31. The molecule has 0 aromatic carbocycles. The highest BCUT2D eigenvalue weighted by molar-refractivity contribution is 8.56. The van der Waals surface area contributed by atoms with Gasteiger partial charge in [-0.25, -0.2) is 0 Å². The average molecular weight is 253 g/mol. The van der Waals surface area contributed by atoms with Crippen molar-refractivity contribution in [2.24, 2.45) is 0 Å². The monoisotopic (exact) mass is 253 g/mol. The van der Waals surface area contributed by atoms with Crippen LogP contribution in [0.5, 0.6) is 0 Å². The first kappa shape index (κ1) is 15.0. The molecule has 0 saturated carbocycles. The van der Waals surface area contributed by atoms with E-state index in [1.807, 2.05) is 20.8 Å². The molecule has 0 aliphatic carbocycles. The smallest absolute Gasteiger partial charge is 0.254 e. The second-order valence-electron chi connectivity index (χ2n) is 3.46. The van der Waals surface area contributed by atoms with Crippen molar-refractivity contribution in [1.29, 1.82) is 0 Å². The van der Waals surface area contributed by atoms with E-state index in [0.29, 0.717) is 18.9 Å². The molecule has 0 saturated heterocycles. The van der Waals surface area contributed by atoms with Crippen molar-refractivity contribution in [1.82, 2.24) is 4.90 Å². The summed E-state index contributed by atoms with van der Waals surface area (Å²) in [7, 11) is 0. The standard InChI is InChI=1S/C9H20NO3PS/c1-5-13-14(4,12)15-7-6-10(8-11)9(2)3/h8-9H,5-7H2,1-4H3. The molecule has 0 N–H and O–H groups in total. The molecular weight excluding hydrogens is 233 g/mol. The zero-order valence-corrected chi connectivity index (χ0v) is 11.5. The third-order valence-corrected chi connectivity index (χ3v) is 5.67. The first-order valence-corrected chi connectivity index (χ1v) is 8.67. The largest absolute Gasteiger partial charge is 0.342 e. The van der Waals surface area contributed by atoms with Crippen LogP contribution in [-0.4, -0.2) is 42.9 Å². The average Bonchev–Trinajstić information content (AvgIpc) is 2.11. The minimum absolute atomic E-state index is 0.187. The predicted molar refractivity (Wildman–Crippen MR) is 65.5 cm³/mol. The molecule has 0 rings (SSSR count). The van der Waals surface area contributed by atoms with Gasteiger partial charge in [0.2, 0.25) is 6.41 Å². The molecule has 6 heteroatoms. The van der Waals surface area contributed by atoms with E-state index in [4.69, 9.17) is 4.52 Å². The van der Waals surface area contributed by atoms with Crippen LogP contribution in [0.2, 0.25) is 0 Å². The van der Waals surface area contributed by atoms with Crippen LogP contribution >= 0.6 is 18.0 Å². The number of amides is 1. The molecule has 0 aliphatic heterocycles. The molecule has 0 aliphatic rings. The fourth-order valence-electron chi connectivity index (χ4n) is 1.02. The van der Waals surface area contributed by atoms with Crippen molar-refractivity contribution in [3.63, 3.8) is 0 Å². The molecule has 0 radical (unpaired) electrons. The Morgan fingerprint density at radius 2 is 2.13 bits per heavy atom. The quantitative estimate of drug-likeness (QED) is 0.492.